The quantitative estimate of drug-likeness (QED) is 0.163. The molecule has 0 aliphatic heterocycles. The third-order valence-corrected chi connectivity index (χ3v) is 4.32. The zero-order valence-corrected chi connectivity index (χ0v) is 23.3. The average Bonchev–Trinajstić information content (AvgIpc) is 2.53. The smallest absolute Gasteiger partial charge is 0.781 e. The summed E-state index contributed by atoms with van der Waals surface area (Å²) >= 11 is 0. The van der Waals surface area contributed by atoms with Gasteiger partial charge in [-0.2, -0.15) is 0 Å². The van der Waals surface area contributed by atoms with Gasteiger partial charge in [-0.15, -0.1) is 0 Å². The van der Waals surface area contributed by atoms with Crippen LogP contribution in [0.1, 0.15) is 90.9 Å². The predicted octanol–water partition coefficient (Wildman–Crippen LogP) is -1.76. The van der Waals surface area contributed by atoms with Crippen LogP contribution in [0.3, 0.4) is 0 Å². The summed E-state index contributed by atoms with van der Waals surface area (Å²) in [5.74, 6) is 0. The minimum absolute atomic E-state index is 0. The molecule has 10 heteroatoms. The Balaban J connectivity index is -0.000000173. The van der Waals surface area contributed by atoms with Crippen molar-refractivity contribution in [2.24, 2.45) is 0 Å². The van der Waals surface area contributed by atoms with E-state index in [1.165, 1.54) is 51.4 Å². The van der Waals surface area contributed by atoms with Crippen LogP contribution in [0.2, 0.25) is 0 Å². The van der Waals surface area contributed by atoms with Crippen LogP contribution < -0.4 is 68.9 Å². The largest absolute Gasteiger partial charge is 1.00 e. The van der Waals surface area contributed by atoms with E-state index >= 15 is 0 Å². The molecule has 2 atom stereocenters. The van der Waals surface area contributed by atoms with Crippen molar-refractivity contribution in [1.82, 2.24) is 0 Å². The maximum absolute atomic E-state index is 9.99. The molecule has 6 nitrogen and oxygen atoms in total. The zero-order chi connectivity index (χ0) is 18.5. The fourth-order valence-corrected chi connectivity index (χ4v) is 2.70. The van der Waals surface area contributed by atoms with Crippen LogP contribution >= 0.6 is 16.5 Å². The van der Waals surface area contributed by atoms with E-state index in [4.69, 9.17) is 0 Å². The van der Waals surface area contributed by atoms with Gasteiger partial charge in [-0.3, -0.25) is 0 Å². The van der Waals surface area contributed by atoms with Crippen LogP contribution in [0.4, 0.5) is 0 Å². The summed E-state index contributed by atoms with van der Waals surface area (Å²) in [6.45, 7) is 5.08. The van der Waals surface area contributed by atoms with Crippen molar-refractivity contribution < 1.29 is 87.1 Å². The molecule has 0 saturated heterocycles. The molecule has 0 aliphatic carbocycles. The van der Waals surface area contributed by atoms with E-state index in [0.29, 0.717) is 13.2 Å². The Bertz CT molecular complexity index is 272. The molecule has 0 aromatic carbocycles. The van der Waals surface area contributed by atoms with Gasteiger partial charge in [-0.25, -0.2) is 0 Å². The zero-order valence-electron chi connectivity index (χ0n) is 17.3. The van der Waals surface area contributed by atoms with E-state index < -0.39 is 16.5 Å². The fourth-order valence-electron chi connectivity index (χ4n) is 2.08. The van der Waals surface area contributed by atoms with Gasteiger partial charge in [0.15, 0.2) is 0 Å². The Kier molecular flexibility index (Phi) is 43.9. The van der Waals surface area contributed by atoms with Crippen LogP contribution in [-0.2, 0) is 18.2 Å². The molecule has 0 saturated carbocycles. The van der Waals surface area contributed by atoms with E-state index in [0.717, 1.165) is 25.7 Å². The SMILES string of the molecule is CCCCCCCCO[PH](=O)[O-].CCCCCCCCO[PH](=O)[O-].[Na+].[Na+]. The van der Waals surface area contributed by atoms with E-state index in [9.17, 15) is 18.9 Å². The van der Waals surface area contributed by atoms with Crippen LogP contribution in [-0.4, -0.2) is 13.2 Å². The number of rotatable bonds is 16. The maximum Gasteiger partial charge on any atom is 1.00 e. The standard InChI is InChI=1S/2C8H19O3P.2Na/c2*1-2-3-4-5-6-7-8-11-12(9)10;;/h2*12H,2-8H2,1H3,(H,9,10);;/q;;2*+1/p-2. The average molecular weight is 432 g/mol. The van der Waals surface area contributed by atoms with Gasteiger partial charge in [0.05, 0.1) is 13.2 Å². The van der Waals surface area contributed by atoms with Crippen molar-refractivity contribution in [2.45, 2.75) is 90.9 Å². The molecule has 2 unspecified atom stereocenters. The molecule has 0 bridgehead atoms. The minimum atomic E-state index is -2.93. The normalized spacial score (nSPS) is 12.2. The van der Waals surface area contributed by atoms with Gasteiger partial charge in [0.1, 0.15) is 16.5 Å². The van der Waals surface area contributed by atoms with Crippen LogP contribution in [0.15, 0.2) is 0 Å². The first kappa shape index (κ1) is 35.7. The third-order valence-electron chi connectivity index (χ3n) is 3.44. The predicted molar refractivity (Wildman–Crippen MR) is 96.7 cm³/mol. The van der Waals surface area contributed by atoms with Crippen LogP contribution in [0.5, 0.6) is 0 Å². The van der Waals surface area contributed by atoms with Gasteiger partial charge in [-0.1, -0.05) is 78.1 Å². The minimum Gasteiger partial charge on any atom is -0.781 e. The molecule has 0 N–H and O–H groups in total. The fraction of sp³-hybridized carbons (Fsp3) is 1.00. The number of hydrogen-bond acceptors (Lipinski definition) is 6. The molecule has 148 valence electrons. The Morgan fingerprint density at radius 1 is 0.577 bits per heavy atom. The second-order valence-electron chi connectivity index (χ2n) is 5.73. The number of unbranched alkanes of at least 4 members (excludes halogenated alkanes) is 10. The Labute approximate surface area is 206 Å². The second-order valence-corrected chi connectivity index (χ2v) is 7.31. The summed E-state index contributed by atoms with van der Waals surface area (Å²) in [6, 6.07) is 0. The molecular weight excluding hydrogens is 396 g/mol. The van der Waals surface area contributed by atoms with Crippen molar-refractivity contribution in [1.29, 1.82) is 0 Å². The molecule has 26 heavy (non-hydrogen) atoms. The van der Waals surface area contributed by atoms with Crippen molar-refractivity contribution in [3.05, 3.63) is 0 Å². The van der Waals surface area contributed by atoms with E-state index in [1.54, 1.807) is 0 Å². The van der Waals surface area contributed by atoms with Gasteiger partial charge in [0.25, 0.3) is 0 Å². The van der Waals surface area contributed by atoms with Gasteiger partial charge in [-0.05, 0) is 12.8 Å². The summed E-state index contributed by atoms with van der Waals surface area (Å²) < 4.78 is 28.9. The number of hydrogen-bond donors (Lipinski definition) is 0. The van der Waals surface area contributed by atoms with Crippen molar-refractivity contribution >= 4 is 16.5 Å². The Hall–Kier alpha value is 2.30. The third kappa shape index (κ3) is 40.9. The van der Waals surface area contributed by atoms with E-state index in [2.05, 4.69) is 22.9 Å². The van der Waals surface area contributed by atoms with E-state index in [-0.39, 0.29) is 59.1 Å². The molecule has 0 aromatic rings. The summed E-state index contributed by atoms with van der Waals surface area (Å²) in [5.41, 5.74) is 0. The molecule has 0 aliphatic rings. The molecule has 0 rings (SSSR count). The molecule has 0 spiro atoms. The first-order valence-electron chi connectivity index (χ1n) is 9.22. The van der Waals surface area contributed by atoms with Crippen LogP contribution in [0, 0.1) is 0 Å². The van der Waals surface area contributed by atoms with Crippen LogP contribution in [0.25, 0.3) is 0 Å². The molecule has 0 amide bonds. The molecule has 0 radical (unpaired) electrons. The summed E-state index contributed by atoms with van der Waals surface area (Å²) in [4.78, 5) is 20.0. The first-order valence-corrected chi connectivity index (χ1v) is 11.7. The maximum atomic E-state index is 9.99. The van der Waals surface area contributed by atoms with Crippen molar-refractivity contribution in [3.8, 4) is 0 Å². The Morgan fingerprint density at radius 2 is 0.846 bits per heavy atom. The van der Waals surface area contributed by atoms with Crippen molar-refractivity contribution in [2.75, 3.05) is 13.2 Å². The van der Waals surface area contributed by atoms with Gasteiger partial charge in [0.2, 0.25) is 0 Å². The molecule has 0 fully saturated rings. The first-order chi connectivity index (χ1) is 11.5. The van der Waals surface area contributed by atoms with Gasteiger partial charge < -0.3 is 28.0 Å². The Morgan fingerprint density at radius 3 is 1.12 bits per heavy atom. The molecular formula is C16H36Na2O6P2. The molecule has 0 heterocycles. The summed E-state index contributed by atoms with van der Waals surface area (Å²) in [5, 5.41) is 0. The van der Waals surface area contributed by atoms with Gasteiger partial charge in [0, 0.05) is 0 Å². The summed E-state index contributed by atoms with van der Waals surface area (Å²) in [7, 11) is -5.86. The second kappa shape index (κ2) is 32.0. The monoisotopic (exact) mass is 432 g/mol. The molecule has 0 aromatic heterocycles. The topological polar surface area (TPSA) is 98.7 Å². The van der Waals surface area contributed by atoms with Crippen molar-refractivity contribution in [3.63, 3.8) is 0 Å². The summed E-state index contributed by atoms with van der Waals surface area (Å²) in [6.07, 6.45) is 13.8. The van der Waals surface area contributed by atoms with E-state index in [1.807, 2.05) is 0 Å². The van der Waals surface area contributed by atoms with Gasteiger partial charge >= 0.3 is 59.1 Å².